The number of benzene rings is 2. The largest absolute Gasteiger partial charge is 0.481 e. The van der Waals surface area contributed by atoms with Gasteiger partial charge in [0.05, 0.1) is 0 Å². The zero-order valence-corrected chi connectivity index (χ0v) is 13.6. The Kier molecular flexibility index (Phi) is 5.52. The molecule has 0 radical (unpaired) electrons. The van der Waals surface area contributed by atoms with E-state index in [2.05, 4.69) is 12.2 Å². The van der Waals surface area contributed by atoms with Gasteiger partial charge in [-0.25, -0.2) is 0 Å². The number of Topliss-reactive ketones (excluding diaryl/α,β-unsaturated/α-hetero) is 1. The van der Waals surface area contributed by atoms with Crippen molar-refractivity contribution in [2.75, 3.05) is 5.32 Å². The topological polar surface area (TPSA) is 55.4 Å². The first-order valence-electron chi connectivity index (χ1n) is 7.67. The summed E-state index contributed by atoms with van der Waals surface area (Å²) in [6, 6.07) is 14.6. The number of nitrogens with one attached hydrogen (secondary N) is 1. The quantitative estimate of drug-likeness (QED) is 0.824. The Morgan fingerprint density at radius 2 is 1.87 bits per heavy atom. The van der Waals surface area contributed by atoms with Crippen molar-refractivity contribution in [2.24, 2.45) is 0 Å². The van der Waals surface area contributed by atoms with Gasteiger partial charge in [0.1, 0.15) is 5.75 Å². The number of hydrogen-bond donors (Lipinski definition) is 1. The van der Waals surface area contributed by atoms with Gasteiger partial charge in [0, 0.05) is 11.3 Å². The average molecular weight is 311 g/mol. The Balaban J connectivity index is 2.02. The Morgan fingerprint density at radius 1 is 1.13 bits per heavy atom. The number of anilines is 1. The highest BCUT2D eigenvalue weighted by Crippen LogP contribution is 2.17. The molecule has 4 heteroatoms. The van der Waals surface area contributed by atoms with Gasteiger partial charge in [-0.15, -0.1) is 0 Å². The smallest absolute Gasteiger partial charge is 0.265 e. The lowest BCUT2D eigenvalue weighted by molar-refractivity contribution is -0.122. The van der Waals surface area contributed by atoms with Crippen LogP contribution in [0.15, 0.2) is 48.5 Å². The molecule has 0 bridgehead atoms. The second kappa shape index (κ2) is 7.58. The van der Waals surface area contributed by atoms with E-state index in [1.54, 1.807) is 31.2 Å². The summed E-state index contributed by atoms with van der Waals surface area (Å²) in [5.74, 6) is 0.234. The van der Waals surface area contributed by atoms with Crippen LogP contribution in [0.3, 0.4) is 0 Å². The molecule has 2 aromatic rings. The fourth-order valence-corrected chi connectivity index (χ4v) is 2.16. The predicted octanol–water partition coefficient (Wildman–Crippen LogP) is 3.86. The molecule has 1 amide bonds. The zero-order valence-electron chi connectivity index (χ0n) is 13.6. The minimum absolute atomic E-state index is 0.0380. The van der Waals surface area contributed by atoms with E-state index in [0.717, 1.165) is 17.7 Å². The van der Waals surface area contributed by atoms with Crippen LogP contribution in [-0.2, 0) is 11.2 Å². The molecule has 0 fully saturated rings. The molecule has 0 aliphatic heterocycles. The van der Waals surface area contributed by atoms with E-state index < -0.39 is 6.10 Å². The second-order valence-corrected chi connectivity index (χ2v) is 5.39. The number of aryl methyl sites for hydroxylation is 1. The lowest BCUT2D eigenvalue weighted by atomic mass is 10.1. The first kappa shape index (κ1) is 16.7. The third-order valence-corrected chi connectivity index (χ3v) is 3.53. The van der Waals surface area contributed by atoms with Crippen LogP contribution < -0.4 is 10.1 Å². The Hall–Kier alpha value is -2.62. The number of carbonyl (C=O) groups is 2. The van der Waals surface area contributed by atoms with Crippen LogP contribution in [0, 0.1) is 0 Å². The van der Waals surface area contributed by atoms with Gasteiger partial charge in [-0.3, -0.25) is 9.59 Å². The van der Waals surface area contributed by atoms with Crippen LogP contribution in [0.1, 0.15) is 36.7 Å². The first-order chi connectivity index (χ1) is 11.0. The van der Waals surface area contributed by atoms with Crippen molar-refractivity contribution in [1.29, 1.82) is 0 Å². The van der Waals surface area contributed by atoms with Gasteiger partial charge >= 0.3 is 0 Å². The summed E-state index contributed by atoms with van der Waals surface area (Å²) in [4.78, 5) is 23.6. The summed E-state index contributed by atoms with van der Waals surface area (Å²) >= 11 is 0. The molecule has 4 nitrogen and oxygen atoms in total. The van der Waals surface area contributed by atoms with Crippen molar-refractivity contribution in [1.82, 2.24) is 0 Å². The van der Waals surface area contributed by atoms with Crippen molar-refractivity contribution in [2.45, 2.75) is 33.3 Å². The van der Waals surface area contributed by atoms with Crippen LogP contribution >= 0.6 is 0 Å². The van der Waals surface area contributed by atoms with Crippen LogP contribution in [0.25, 0.3) is 0 Å². The molecule has 0 saturated heterocycles. The standard InChI is InChI=1S/C19H21NO3/c1-4-15-7-5-9-17(11-15)20-19(22)14(3)23-18-10-6-8-16(12-18)13(2)21/h5-12,14H,4H2,1-3H3,(H,20,22). The van der Waals surface area contributed by atoms with Crippen molar-refractivity contribution in [3.63, 3.8) is 0 Å². The van der Waals surface area contributed by atoms with Gasteiger partial charge in [-0.05, 0) is 50.1 Å². The monoisotopic (exact) mass is 311 g/mol. The molecule has 1 N–H and O–H groups in total. The fourth-order valence-electron chi connectivity index (χ4n) is 2.16. The molecule has 23 heavy (non-hydrogen) atoms. The lowest BCUT2D eigenvalue weighted by Crippen LogP contribution is -2.30. The number of ether oxygens (including phenoxy) is 1. The first-order valence-corrected chi connectivity index (χ1v) is 7.67. The molecule has 0 aliphatic rings. The number of rotatable bonds is 6. The Morgan fingerprint density at radius 3 is 2.57 bits per heavy atom. The summed E-state index contributed by atoms with van der Waals surface area (Å²) in [6.07, 6.45) is 0.246. The molecule has 0 aromatic heterocycles. The summed E-state index contributed by atoms with van der Waals surface area (Å²) in [5.41, 5.74) is 2.47. The van der Waals surface area contributed by atoms with E-state index >= 15 is 0 Å². The van der Waals surface area contributed by atoms with E-state index in [0.29, 0.717) is 11.3 Å². The van der Waals surface area contributed by atoms with Crippen LogP contribution in [0.2, 0.25) is 0 Å². The van der Waals surface area contributed by atoms with Crippen LogP contribution in [-0.4, -0.2) is 17.8 Å². The molecule has 0 aliphatic carbocycles. The maximum Gasteiger partial charge on any atom is 0.265 e. The third kappa shape index (κ3) is 4.68. The number of hydrogen-bond acceptors (Lipinski definition) is 3. The molecule has 0 heterocycles. The van der Waals surface area contributed by atoms with Gasteiger partial charge in [0.2, 0.25) is 0 Å². The van der Waals surface area contributed by atoms with Crippen molar-refractivity contribution < 1.29 is 14.3 Å². The second-order valence-electron chi connectivity index (χ2n) is 5.39. The Labute approximate surface area is 136 Å². The molecule has 120 valence electrons. The van der Waals surface area contributed by atoms with Gasteiger partial charge in [0.25, 0.3) is 5.91 Å². The molecule has 2 rings (SSSR count). The fraction of sp³-hybridized carbons (Fsp3) is 0.263. The summed E-state index contributed by atoms with van der Waals surface area (Å²) in [7, 11) is 0. The van der Waals surface area contributed by atoms with Gasteiger partial charge in [0.15, 0.2) is 11.9 Å². The van der Waals surface area contributed by atoms with Gasteiger partial charge in [-0.1, -0.05) is 31.2 Å². The van der Waals surface area contributed by atoms with Crippen molar-refractivity contribution in [3.8, 4) is 5.75 Å². The summed E-state index contributed by atoms with van der Waals surface area (Å²) in [6.45, 7) is 5.24. The maximum atomic E-state index is 12.2. The van der Waals surface area contributed by atoms with Crippen LogP contribution in [0.5, 0.6) is 5.75 Å². The SMILES string of the molecule is CCc1cccc(NC(=O)C(C)Oc2cccc(C(C)=O)c2)c1. The zero-order chi connectivity index (χ0) is 16.8. The normalized spacial score (nSPS) is 11.6. The third-order valence-electron chi connectivity index (χ3n) is 3.53. The lowest BCUT2D eigenvalue weighted by Gasteiger charge is -2.15. The Bertz CT molecular complexity index is 709. The summed E-state index contributed by atoms with van der Waals surface area (Å²) < 4.78 is 5.63. The van der Waals surface area contributed by atoms with E-state index in [1.807, 2.05) is 24.3 Å². The predicted molar refractivity (Wildman–Crippen MR) is 91.0 cm³/mol. The molecular formula is C19H21NO3. The highest BCUT2D eigenvalue weighted by molar-refractivity contribution is 5.95. The number of carbonyl (C=O) groups excluding carboxylic acids is 2. The molecule has 0 saturated carbocycles. The van der Waals surface area contributed by atoms with Gasteiger partial charge in [-0.2, -0.15) is 0 Å². The average Bonchev–Trinajstić information content (AvgIpc) is 2.55. The molecule has 1 atom stereocenters. The molecule has 1 unspecified atom stereocenters. The van der Waals surface area contributed by atoms with Crippen molar-refractivity contribution in [3.05, 3.63) is 59.7 Å². The van der Waals surface area contributed by atoms with Crippen molar-refractivity contribution >= 4 is 17.4 Å². The molecule has 0 spiro atoms. The molecular weight excluding hydrogens is 290 g/mol. The highest BCUT2D eigenvalue weighted by Gasteiger charge is 2.15. The van der Waals surface area contributed by atoms with Crippen LogP contribution in [0.4, 0.5) is 5.69 Å². The maximum absolute atomic E-state index is 12.2. The number of amides is 1. The van der Waals surface area contributed by atoms with E-state index in [-0.39, 0.29) is 11.7 Å². The van der Waals surface area contributed by atoms with E-state index in [4.69, 9.17) is 4.74 Å². The minimum atomic E-state index is -0.664. The van der Waals surface area contributed by atoms with E-state index in [1.165, 1.54) is 6.92 Å². The minimum Gasteiger partial charge on any atom is -0.481 e. The van der Waals surface area contributed by atoms with Gasteiger partial charge < -0.3 is 10.1 Å². The van der Waals surface area contributed by atoms with E-state index in [9.17, 15) is 9.59 Å². The highest BCUT2D eigenvalue weighted by atomic mass is 16.5. The molecule has 2 aromatic carbocycles. The number of ketones is 1. The summed E-state index contributed by atoms with van der Waals surface area (Å²) in [5, 5.41) is 2.84.